The molecule has 2 heterocycles. The lowest BCUT2D eigenvalue weighted by Gasteiger charge is -2.36. The van der Waals surface area contributed by atoms with Crippen LogP contribution in [0.4, 0.5) is 4.79 Å². The number of carboxylic acid groups (broad SMARTS) is 1. The van der Waals surface area contributed by atoms with Gasteiger partial charge in [-0.15, -0.1) is 11.8 Å². The van der Waals surface area contributed by atoms with Crippen LogP contribution in [0.5, 0.6) is 0 Å². The van der Waals surface area contributed by atoms with E-state index in [9.17, 15) is 18.0 Å². The van der Waals surface area contributed by atoms with Crippen molar-refractivity contribution in [1.29, 1.82) is 0 Å². The fourth-order valence-corrected chi connectivity index (χ4v) is 4.98. The smallest absolute Gasteiger partial charge is 0.327 e. The Balaban J connectivity index is 2.10. The fourth-order valence-electron chi connectivity index (χ4n) is 2.28. The minimum Gasteiger partial charge on any atom is -0.480 e. The van der Waals surface area contributed by atoms with Gasteiger partial charge in [-0.05, 0) is 6.92 Å². The van der Waals surface area contributed by atoms with Crippen molar-refractivity contribution in [3.63, 3.8) is 0 Å². The van der Waals surface area contributed by atoms with Crippen LogP contribution < -0.4 is 0 Å². The van der Waals surface area contributed by atoms with Crippen molar-refractivity contribution in [2.75, 3.05) is 29.7 Å². The molecule has 0 aliphatic carbocycles. The van der Waals surface area contributed by atoms with Crippen molar-refractivity contribution in [3.8, 4) is 0 Å². The van der Waals surface area contributed by atoms with Gasteiger partial charge in [-0.3, -0.25) is 0 Å². The fraction of sp³-hybridized carbons (Fsp3) is 0.800. The van der Waals surface area contributed by atoms with Crippen LogP contribution in [0.2, 0.25) is 0 Å². The van der Waals surface area contributed by atoms with E-state index in [2.05, 4.69) is 0 Å². The van der Waals surface area contributed by atoms with Crippen LogP contribution >= 0.6 is 11.8 Å². The lowest BCUT2D eigenvalue weighted by molar-refractivity contribution is -0.141. The van der Waals surface area contributed by atoms with Gasteiger partial charge in [0, 0.05) is 18.3 Å². The lowest BCUT2D eigenvalue weighted by atomic mass is 10.3. The summed E-state index contributed by atoms with van der Waals surface area (Å²) in [5.41, 5.74) is 0. The summed E-state index contributed by atoms with van der Waals surface area (Å²) in [4.78, 5) is 26.1. The van der Waals surface area contributed by atoms with Gasteiger partial charge in [0.05, 0.1) is 17.4 Å². The van der Waals surface area contributed by atoms with Gasteiger partial charge < -0.3 is 14.9 Å². The lowest BCUT2D eigenvalue weighted by Crippen LogP contribution is -2.56. The number of hydrogen-bond acceptors (Lipinski definition) is 5. The predicted octanol–water partition coefficient (Wildman–Crippen LogP) is -0.315. The largest absolute Gasteiger partial charge is 0.480 e. The first kappa shape index (κ1) is 14.4. The molecule has 0 aromatic heterocycles. The number of carboxylic acids is 1. The molecule has 108 valence electrons. The quantitative estimate of drug-likeness (QED) is 0.713. The highest BCUT2D eigenvalue weighted by Crippen LogP contribution is 2.24. The van der Waals surface area contributed by atoms with E-state index in [-0.39, 0.29) is 24.1 Å². The predicted molar refractivity (Wildman–Crippen MR) is 70.8 cm³/mol. The van der Waals surface area contributed by atoms with E-state index in [0.717, 1.165) is 0 Å². The molecule has 0 spiro atoms. The van der Waals surface area contributed by atoms with E-state index in [1.165, 1.54) is 21.6 Å². The maximum absolute atomic E-state index is 12.3. The number of amides is 2. The normalized spacial score (nSPS) is 30.4. The molecule has 19 heavy (non-hydrogen) atoms. The van der Waals surface area contributed by atoms with E-state index in [1.807, 2.05) is 0 Å². The van der Waals surface area contributed by atoms with Crippen molar-refractivity contribution in [3.05, 3.63) is 0 Å². The zero-order valence-electron chi connectivity index (χ0n) is 10.5. The summed E-state index contributed by atoms with van der Waals surface area (Å²) in [5.74, 6) is -0.414. The minimum atomic E-state index is -3.09. The number of carbonyl (C=O) groups is 2. The van der Waals surface area contributed by atoms with Crippen LogP contribution in [0.3, 0.4) is 0 Å². The van der Waals surface area contributed by atoms with Crippen LogP contribution in [-0.4, -0.2) is 77.1 Å². The Hall–Kier alpha value is -0.960. The summed E-state index contributed by atoms with van der Waals surface area (Å²) >= 11 is 1.39. The van der Waals surface area contributed by atoms with E-state index in [0.29, 0.717) is 11.6 Å². The standard InChI is InChI=1S/C10H16N2O5S2/c1-7-5-19(16,17)3-2-11(7)10(15)12-6-18-4-8(12)9(13)14/h7-8H,2-6H2,1H3,(H,13,14). The summed E-state index contributed by atoms with van der Waals surface area (Å²) in [6.45, 7) is 1.81. The third-order valence-corrected chi connectivity index (χ3v) is 6.14. The van der Waals surface area contributed by atoms with Gasteiger partial charge in [-0.1, -0.05) is 0 Å². The maximum Gasteiger partial charge on any atom is 0.327 e. The molecule has 2 aliphatic rings. The molecule has 2 atom stereocenters. The Morgan fingerprint density at radius 3 is 2.58 bits per heavy atom. The number of nitrogens with zero attached hydrogens (tertiary/aromatic N) is 2. The van der Waals surface area contributed by atoms with E-state index in [1.54, 1.807) is 6.92 Å². The van der Waals surface area contributed by atoms with Crippen molar-refractivity contribution < 1.29 is 23.1 Å². The van der Waals surface area contributed by atoms with E-state index in [4.69, 9.17) is 5.11 Å². The third kappa shape index (κ3) is 2.97. The van der Waals surface area contributed by atoms with Gasteiger partial charge in [0.1, 0.15) is 6.04 Å². The molecule has 2 saturated heterocycles. The molecule has 0 radical (unpaired) electrons. The number of hydrogen-bond donors (Lipinski definition) is 1. The van der Waals surface area contributed by atoms with Crippen molar-refractivity contribution in [2.24, 2.45) is 0 Å². The summed E-state index contributed by atoms with van der Waals surface area (Å²) in [6.07, 6.45) is 0. The van der Waals surface area contributed by atoms with Crippen molar-refractivity contribution >= 4 is 33.6 Å². The molecule has 2 unspecified atom stereocenters. The molecule has 9 heteroatoms. The first-order valence-electron chi connectivity index (χ1n) is 5.90. The van der Waals surface area contributed by atoms with Crippen LogP contribution in [-0.2, 0) is 14.6 Å². The van der Waals surface area contributed by atoms with Crippen LogP contribution in [0.25, 0.3) is 0 Å². The summed E-state index contributed by atoms with van der Waals surface area (Å²) < 4.78 is 22.9. The van der Waals surface area contributed by atoms with Gasteiger partial charge in [0.15, 0.2) is 9.84 Å². The molecule has 0 bridgehead atoms. The highest BCUT2D eigenvalue weighted by Gasteiger charge is 2.40. The Kier molecular flexibility index (Phi) is 3.95. The van der Waals surface area contributed by atoms with E-state index >= 15 is 0 Å². The Morgan fingerprint density at radius 2 is 2.00 bits per heavy atom. The Morgan fingerprint density at radius 1 is 1.32 bits per heavy atom. The topological polar surface area (TPSA) is 95.0 Å². The number of urea groups is 1. The first-order chi connectivity index (χ1) is 8.82. The highest BCUT2D eigenvalue weighted by molar-refractivity contribution is 7.99. The van der Waals surface area contributed by atoms with Crippen molar-refractivity contribution in [1.82, 2.24) is 9.80 Å². The van der Waals surface area contributed by atoms with Crippen molar-refractivity contribution in [2.45, 2.75) is 19.0 Å². The number of sulfone groups is 1. The number of thioether (sulfide) groups is 1. The summed E-state index contributed by atoms with van der Waals surface area (Å²) in [7, 11) is -3.09. The number of rotatable bonds is 1. The van der Waals surface area contributed by atoms with Gasteiger partial charge >= 0.3 is 12.0 Å². The molecule has 1 N–H and O–H groups in total. The maximum atomic E-state index is 12.3. The molecule has 2 fully saturated rings. The SMILES string of the molecule is CC1CS(=O)(=O)CCN1C(=O)N1CSCC1C(=O)O. The molecule has 0 aromatic rings. The first-order valence-corrected chi connectivity index (χ1v) is 8.87. The second-order valence-electron chi connectivity index (χ2n) is 4.76. The molecule has 0 saturated carbocycles. The van der Waals surface area contributed by atoms with Crippen LogP contribution in [0.15, 0.2) is 0 Å². The zero-order chi connectivity index (χ0) is 14.2. The average molecular weight is 308 g/mol. The van der Waals surface area contributed by atoms with Gasteiger partial charge in [0.2, 0.25) is 0 Å². The monoisotopic (exact) mass is 308 g/mol. The third-order valence-electron chi connectivity index (χ3n) is 3.33. The number of aliphatic carboxylic acids is 1. The van der Waals surface area contributed by atoms with E-state index < -0.39 is 27.9 Å². The molecule has 0 aromatic carbocycles. The Labute approximate surface area is 115 Å². The highest BCUT2D eigenvalue weighted by atomic mass is 32.2. The molecular formula is C10H16N2O5S2. The summed E-state index contributed by atoms with van der Waals surface area (Å²) in [6, 6.07) is -1.60. The number of carbonyl (C=O) groups excluding carboxylic acids is 1. The second kappa shape index (κ2) is 5.20. The molecular weight excluding hydrogens is 292 g/mol. The van der Waals surface area contributed by atoms with Crippen LogP contribution in [0.1, 0.15) is 6.92 Å². The molecule has 7 nitrogen and oxygen atoms in total. The second-order valence-corrected chi connectivity index (χ2v) is 7.99. The Bertz CT molecular complexity index is 492. The minimum absolute atomic E-state index is 0.0538. The van der Waals surface area contributed by atoms with Gasteiger partial charge in [0.25, 0.3) is 0 Å². The molecule has 2 rings (SSSR count). The average Bonchev–Trinajstić information content (AvgIpc) is 2.75. The van der Waals surface area contributed by atoms with Crippen LogP contribution in [0, 0.1) is 0 Å². The molecule has 2 aliphatic heterocycles. The van der Waals surface area contributed by atoms with Gasteiger partial charge in [-0.25, -0.2) is 18.0 Å². The zero-order valence-corrected chi connectivity index (χ0v) is 12.1. The molecule has 2 amide bonds. The van der Waals surface area contributed by atoms with Gasteiger partial charge in [-0.2, -0.15) is 0 Å². The summed E-state index contributed by atoms with van der Waals surface area (Å²) in [5, 5.41) is 9.06.